The van der Waals surface area contributed by atoms with Crippen molar-refractivity contribution in [2.24, 2.45) is 5.90 Å². The van der Waals surface area contributed by atoms with E-state index in [0.29, 0.717) is 5.92 Å². The van der Waals surface area contributed by atoms with Gasteiger partial charge in [-0.3, -0.25) is 0 Å². The van der Waals surface area contributed by atoms with Crippen LogP contribution in [-0.2, 0) is 6.42 Å². The van der Waals surface area contributed by atoms with Gasteiger partial charge in [-0.15, -0.1) is 0 Å². The molecule has 2 aromatic rings. The van der Waals surface area contributed by atoms with Gasteiger partial charge in [0.15, 0.2) is 5.75 Å². The van der Waals surface area contributed by atoms with Crippen LogP contribution in [0.2, 0.25) is 0 Å². The minimum atomic E-state index is 0.406. The number of hydrogen-bond acceptors (Lipinski definition) is 2. The molecule has 0 radical (unpaired) electrons. The van der Waals surface area contributed by atoms with Crippen molar-refractivity contribution < 1.29 is 4.84 Å². The quantitative estimate of drug-likeness (QED) is 0.828. The third kappa shape index (κ3) is 2.24. The molecule has 0 saturated carbocycles. The van der Waals surface area contributed by atoms with Crippen molar-refractivity contribution in [2.45, 2.75) is 32.1 Å². The minimum Gasteiger partial charge on any atom is -0.411 e. The van der Waals surface area contributed by atoms with Gasteiger partial charge in [-0.25, -0.2) is 0 Å². The molecule has 0 fully saturated rings. The first-order chi connectivity index (χ1) is 9.29. The van der Waals surface area contributed by atoms with Crippen LogP contribution in [0.4, 0.5) is 0 Å². The van der Waals surface area contributed by atoms with Crippen LogP contribution in [0, 0.1) is 6.92 Å². The van der Waals surface area contributed by atoms with E-state index in [1.54, 1.807) is 0 Å². The average Bonchev–Trinajstić information content (AvgIpc) is 2.46. The first-order valence-corrected chi connectivity index (χ1v) is 6.84. The van der Waals surface area contributed by atoms with E-state index < -0.39 is 0 Å². The SMILES string of the molecule is Cc1ccc(ON)c(C2CCCc3ccccc32)c1. The highest BCUT2D eigenvalue weighted by Gasteiger charge is 2.24. The molecule has 19 heavy (non-hydrogen) atoms. The van der Waals surface area contributed by atoms with Gasteiger partial charge in [0.1, 0.15) is 0 Å². The van der Waals surface area contributed by atoms with Crippen LogP contribution < -0.4 is 10.7 Å². The summed E-state index contributed by atoms with van der Waals surface area (Å²) in [4.78, 5) is 5.07. The largest absolute Gasteiger partial charge is 0.411 e. The second-order valence-electron chi connectivity index (χ2n) is 5.30. The van der Waals surface area contributed by atoms with E-state index in [2.05, 4.69) is 37.3 Å². The number of benzene rings is 2. The Kier molecular flexibility index (Phi) is 3.26. The van der Waals surface area contributed by atoms with Crippen molar-refractivity contribution in [1.29, 1.82) is 0 Å². The lowest BCUT2D eigenvalue weighted by Gasteiger charge is -2.27. The second kappa shape index (κ2) is 5.06. The molecule has 98 valence electrons. The van der Waals surface area contributed by atoms with E-state index in [1.165, 1.54) is 35.1 Å². The zero-order valence-corrected chi connectivity index (χ0v) is 11.2. The Morgan fingerprint density at radius 3 is 2.79 bits per heavy atom. The number of aryl methyl sites for hydroxylation is 2. The lowest BCUT2D eigenvalue weighted by molar-refractivity contribution is 0.328. The highest BCUT2D eigenvalue weighted by molar-refractivity contribution is 5.47. The molecule has 0 saturated heterocycles. The van der Waals surface area contributed by atoms with Crippen LogP contribution >= 0.6 is 0 Å². The Hall–Kier alpha value is -1.80. The van der Waals surface area contributed by atoms with Crippen LogP contribution in [0.3, 0.4) is 0 Å². The second-order valence-corrected chi connectivity index (χ2v) is 5.30. The molecule has 2 nitrogen and oxygen atoms in total. The van der Waals surface area contributed by atoms with E-state index in [1.807, 2.05) is 12.1 Å². The molecule has 0 aromatic heterocycles. The third-order valence-electron chi connectivity index (χ3n) is 4.04. The summed E-state index contributed by atoms with van der Waals surface area (Å²) in [6.07, 6.45) is 3.56. The highest BCUT2D eigenvalue weighted by atomic mass is 16.6. The van der Waals surface area contributed by atoms with Gasteiger partial charge in [0.2, 0.25) is 0 Å². The summed E-state index contributed by atoms with van der Waals surface area (Å²) in [5.74, 6) is 6.63. The third-order valence-corrected chi connectivity index (χ3v) is 4.04. The summed E-state index contributed by atoms with van der Waals surface area (Å²) in [5.41, 5.74) is 5.36. The maximum atomic E-state index is 5.43. The summed E-state index contributed by atoms with van der Waals surface area (Å²) in [5, 5.41) is 0. The Bertz CT molecular complexity index is 592. The topological polar surface area (TPSA) is 35.2 Å². The maximum absolute atomic E-state index is 5.43. The molecule has 1 unspecified atom stereocenters. The zero-order chi connectivity index (χ0) is 13.2. The van der Waals surface area contributed by atoms with Gasteiger partial charge < -0.3 is 4.84 Å². The fourth-order valence-corrected chi connectivity index (χ4v) is 3.12. The molecule has 0 heterocycles. The van der Waals surface area contributed by atoms with Crippen molar-refractivity contribution in [3.63, 3.8) is 0 Å². The first-order valence-electron chi connectivity index (χ1n) is 6.84. The standard InChI is InChI=1S/C17H19NO/c1-12-9-10-17(19-18)16(11-12)15-8-4-6-13-5-2-3-7-14(13)15/h2-3,5,7,9-11,15H,4,6,8,18H2,1H3. The van der Waals surface area contributed by atoms with Gasteiger partial charge >= 0.3 is 0 Å². The van der Waals surface area contributed by atoms with E-state index >= 15 is 0 Å². The lowest BCUT2D eigenvalue weighted by Crippen LogP contribution is -2.14. The first kappa shape index (κ1) is 12.2. The molecular weight excluding hydrogens is 234 g/mol. The van der Waals surface area contributed by atoms with Crippen molar-refractivity contribution in [3.05, 3.63) is 64.7 Å². The summed E-state index contributed by atoms with van der Waals surface area (Å²) in [6, 6.07) is 14.9. The van der Waals surface area contributed by atoms with E-state index in [9.17, 15) is 0 Å². The molecule has 0 spiro atoms. The minimum absolute atomic E-state index is 0.406. The molecule has 1 atom stereocenters. The smallest absolute Gasteiger partial charge is 0.150 e. The Morgan fingerprint density at radius 1 is 1.11 bits per heavy atom. The van der Waals surface area contributed by atoms with Gasteiger partial charge in [-0.1, -0.05) is 42.0 Å². The molecule has 1 aliphatic carbocycles. The Balaban J connectivity index is 2.11. The van der Waals surface area contributed by atoms with Crippen molar-refractivity contribution in [3.8, 4) is 5.75 Å². The van der Waals surface area contributed by atoms with E-state index in [0.717, 1.165) is 12.2 Å². The number of rotatable bonds is 2. The molecule has 2 aromatic carbocycles. The number of nitrogens with two attached hydrogens (primary N) is 1. The molecule has 0 amide bonds. The fourth-order valence-electron chi connectivity index (χ4n) is 3.12. The van der Waals surface area contributed by atoms with Crippen molar-refractivity contribution in [1.82, 2.24) is 0 Å². The molecule has 3 rings (SSSR count). The Morgan fingerprint density at radius 2 is 1.95 bits per heavy atom. The molecule has 0 bridgehead atoms. The van der Waals surface area contributed by atoms with Crippen LogP contribution in [0.5, 0.6) is 5.75 Å². The summed E-state index contributed by atoms with van der Waals surface area (Å²) in [7, 11) is 0. The zero-order valence-electron chi connectivity index (χ0n) is 11.2. The molecule has 2 heteroatoms. The van der Waals surface area contributed by atoms with Crippen molar-refractivity contribution >= 4 is 0 Å². The molecular formula is C17H19NO. The molecule has 0 aliphatic heterocycles. The summed E-state index contributed by atoms with van der Waals surface area (Å²) < 4.78 is 0. The number of hydrogen-bond donors (Lipinski definition) is 1. The fraction of sp³-hybridized carbons (Fsp3) is 0.294. The van der Waals surface area contributed by atoms with Gasteiger partial charge in [-0.05, 0) is 43.4 Å². The normalized spacial score (nSPS) is 17.9. The van der Waals surface area contributed by atoms with Crippen LogP contribution in [0.15, 0.2) is 42.5 Å². The molecule has 1 aliphatic rings. The average molecular weight is 253 g/mol. The molecule has 2 N–H and O–H groups in total. The van der Waals surface area contributed by atoms with Gasteiger partial charge in [0.25, 0.3) is 0 Å². The van der Waals surface area contributed by atoms with Gasteiger partial charge in [-0.2, -0.15) is 5.90 Å². The predicted octanol–water partition coefficient (Wildman–Crippen LogP) is 3.72. The van der Waals surface area contributed by atoms with Crippen LogP contribution in [-0.4, -0.2) is 0 Å². The Labute approximate surface area is 114 Å². The van der Waals surface area contributed by atoms with Crippen LogP contribution in [0.1, 0.15) is 41.0 Å². The maximum Gasteiger partial charge on any atom is 0.150 e. The number of fused-ring (bicyclic) bond motifs is 1. The van der Waals surface area contributed by atoms with Gasteiger partial charge in [0, 0.05) is 11.5 Å². The lowest BCUT2D eigenvalue weighted by atomic mass is 9.78. The van der Waals surface area contributed by atoms with Crippen LogP contribution in [0.25, 0.3) is 0 Å². The highest BCUT2D eigenvalue weighted by Crippen LogP contribution is 2.40. The van der Waals surface area contributed by atoms with E-state index in [4.69, 9.17) is 10.7 Å². The van der Waals surface area contributed by atoms with Gasteiger partial charge in [0.05, 0.1) is 0 Å². The van der Waals surface area contributed by atoms with Crippen molar-refractivity contribution in [2.75, 3.05) is 0 Å². The monoisotopic (exact) mass is 253 g/mol. The van der Waals surface area contributed by atoms with E-state index in [-0.39, 0.29) is 0 Å². The summed E-state index contributed by atoms with van der Waals surface area (Å²) in [6.45, 7) is 2.11. The summed E-state index contributed by atoms with van der Waals surface area (Å²) >= 11 is 0. The predicted molar refractivity (Wildman–Crippen MR) is 77.2 cm³/mol.